The highest BCUT2D eigenvalue weighted by Crippen LogP contribution is 2.42. The number of nitrogens with one attached hydrogen (secondary N) is 1. The Bertz CT molecular complexity index is 466. The molecule has 0 spiro atoms. The predicted molar refractivity (Wildman–Crippen MR) is 82.2 cm³/mol. The van der Waals surface area contributed by atoms with Gasteiger partial charge in [-0.15, -0.1) is 0 Å². The molecule has 1 fully saturated rings. The first-order chi connectivity index (χ1) is 9.58. The number of fused-ring (bicyclic) bond motifs is 1. The Kier molecular flexibility index (Phi) is 3.74. The molecule has 3 nitrogen and oxygen atoms in total. The number of rotatable bonds is 4. The van der Waals surface area contributed by atoms with Crippen molar-refractivity contribution in [2.24, 2.45) is 0 Å². The summed E-state index contributed by atoms with van der Waals surface area (Å²) in [6, 6.07) is 9.28. The Morgan fingerprint density at radius 2 is 2.00 bits per heavy atom. The monoisotopic (exact) mass is 274 g/mol. The molecule has 2 atom stereocenters. The quantitative estimate of drug-likeness (QED) is 0.913. The normalized spacial score (nSPS) is 26.2. The van der Waals surface area contributed by atoms with E-state index in [-0.39, 0.29) is 11.6 Å². The maximum absolute atomic E-state index is 6.09. The van der Waals surface area contributed by atoms with Crippen LogP contribution < -0.4 is 10.1 Å². The number of benzene rings is 1. The fourth-order valence-electron chi connectivity index (χ4n) is 3.48. The van der Waals surface area contributed by atoms with Crippen LogP contribution in [0.15, 0.2) is 24.3 Å². The third kappa shape index (κ3) is 2.57. The van der Waals surface area contributed by atoms with Gasteiger partial charge in [-0.2, -0.15) is 0 Å². The first-order valence-corrected chi connectivity index (χ1v) is 7.83. The number of hydrogen-bond acceptors (Lipinski definition) is 3. The van der Waals surface area contributed by atoms with Crippen molar-refractivity contribution in [3.8, 4) is 5.75 Å². The molecule has 2 unspecified atom stereocenters. The minimum absolute atomic E-state index is 0.172. The Morgan fingerprint density at radius 3 is 2.75 bits per heavy atom. The van der Waals surface area contributed by atoms with Crippen molar-refractivity contribution in [1.29, 1.82) is 0 Å². The van der Waals surface area contributed by atoms with Gasteiger partial charge < -0.3 is 10.1 Å². The fourth-order valence-corrected chi connectivity index (χ4v) is 3.48. The molecule has 2 heterocycles. The lowest BCUT2D eigenvalue weighted by molar-refractivity contribution is 0.0924. The van der Waals surface area contributed by atoms with Gasteiger partial charge in [0.05, 0.1) is 6.04 Å². The van der Waals surface area contributed by atoms with E-state index in [9.17, 15) is 0 Å². The summed E-state index contributed by atoms with van der Waals surface area (Å²) in [7, 11) is 0. The van der Waals surface area contributed by atoms with E-state index in [1.807, 2.05) is 6.07 Å². The molecule has 0 aromatic heterocycles. The van der Waals surface area contributed by atoms with E-state index >= 15 is 0 Å². The molecule has 3 rings (SSSR count). The molecule has 1 saturated heterocycles. The number of ether oxygens (including phenoxy) is 1. The average molecular weight is 274 g/mol. The van der Waals surface area contributed by atoms with Crippen LogP contribution in [0.3, 0.4) is 0 Å². The van der Waals surface area contributed by atoms with Gasteiger partial charge in [0.15, 0.2) is 0 Å². The number of para-hydroxylation sites is 1. The Morgan fingerprint density at radius 1 is 1.30 bits per heavy atom. The lowest BCUT2D eigenvalue weighted by Gasteiger charge is -2.30. The van der Waals surface area contributed by atoms with E-state index in [4.69, 9.17) is 4.74 Å². The van der Waals surface area contributed by atoms with Gasteiger partial charge in [0, 0.05) is 18.2 Å². The van der Waals surface area contributed by atoms with Crippen molar-refractivity contribution in [1.82, 2.24) is 10.2 Å². The van der Waals surface area contributed by atoms with Crippen LogP contribution in [0.4, 0.5) is 0 Å². The van der Waals surface area contributed by atoms with Gasteiger partial charge in [0.2, 0.25) is 0 Å². The molecule has 20 heavy (non-hydrogen) atoms. The fraction of sp³-hybridized carbons (Fsp3) is 0.647. The molecule has 3 heteroatoms. The lowest BCUT2D eigenvalue weighted by atomic mass is 9.94. The average Bonchev–Trinajstić information content (AvgIpc) is 3.01. The van der Waals surface area contributed by atoms with Gasteiger partial charge in [-0.1, -0.05) is 18.2 Å². The summed E-state index contributed by atoms with van der Waals surface area (Å²) in [6.45, 7) is 10.2. The molecule has 0 bridgehead atoms. The largest absolute Gasteiger partial charge is 0.486 e. The van der Waals surface area contributed by atoms with Crippen molar-refractivity contribution in [3.05, 3.63) is 29.8 Å². The molecule has 1 aromatic carbocycles. The van der Waals surface area contributed by atoms with Gasteiger partial charge >= 0.3 is 0 Å². The van der Waals surface area contributed by atoms with E-state index in [1.165, 1.54) is 31.5 Å². The Hall–Kier alpha value is -1.06. The SMILES string of the molecule is CC(CNC1c2ccccc2OC1(C)C)N1CCCC1. The zero-order valence-electron chi connectivity index (χ0n) is 12.9. The van der Waals surface area contributed by atoms with Crippen LogP contribution in [0.2, 0.25) is 0 Å². The van der Waals surface area contributed by atoms with E-state index in [0.29, 0.717) is 6.04 Å². The molecule has 0 saturated carbocycles. The predicted octanol–water partition coefficient (Wildman–Crippen LogP) is 2.97. The van der Waals surface area contributed by atoms with Crippen LogP contribution in [0, 0.1) is 0 Å². The number of likely N-dealkylation sites (tertiary alicyclic amines) is 1. The smallest absolute Gasteiger partial charge is 0.125 e. The Balaban J connectivity index is 1.67. The molecular formula is C17H26N2O. The van der Waals surface area contributed by atoms with E-state index < -0.39 is 0 Å². The third-order valence-corrected chi connectivity index (χ3v) is 4.68. The van der Waals surface area contributed by atoms with Gasteiger partial charge in [-0.25, -0.2) is 0 Å². The molecule has 0 amide bonds. The Labute approximate surface area is 122 Å². The molecule has 110 valence electrons. The second-order valence-electron chi connectivity index (χ2n) is 6.68. The molecule has 0 aliphatic carbocycles. The van der Waals surface area contributed by atoms with Gasteiger partial charge in [-0.3, -0.25) is 4.90 Å². The zero-order valence-corrected chi connectivity index (χ0v) is 12.9. The molecule has 0 radical (unpaired) electrons. The highest BCUT2D eigenvalue weighted by atomic mass is 16.5. The van der Waals surface area contributed by atoms with Crippen LogP contribution in [0.1, 0.15) is 45.2 Å². The van der Waals surface area contributed by atoms with E-state index in [0.717, 1.165) is 12.3 Å². The molecule has 1 aromatic rings. The van der Waals surface area contributed by atoms with Crippen LogP contribution >= 0.6 is 0 Å². The maximum Gasteiger partial charge on any atom is 0.125 e. The number of hydrogen-bond donors (Lipinski definition) is 1. The zero-order chi connectivity index (χ0) is 14.2. The van der Waals surface area contributed by atoms with Crippen molar-refractivity contribution >= 4 is 0 Å². The van der Waals surface area contributed by atoms with Crippen LogP contribution in [-0.2, 0) is 0 Å². The highest BCUT2D eigenvalue weighted by molar-refractivity contribution is 5.42. The molecule has 2 aliphatic rings. The van der Waals surface area contributed by atoms with Crippen molar-refractivity contribution in [3.63, 3.8) is 0 Å². The first kappa shape index (κ1) is 13.9. The summed E-state index contributed by atoms with van der Waals surface area (Å²) in [6.07, 6.45) is 2.70. The van der Waals surface area contributed by atoms with Gasteiger partial charge in [-0.05, 0) is 52.8 Å². The minimum Gasteiger partial charge on any atom is -0.486 e. The van der Waals surface area contributed by atoms with Gasteiger partial charge in [0.25, 0.3) is 0 Å². The topological polar surface area (TPSA) is 24.5 Å². The van der Waals surface area contributed by atoms with Crippen molar-refractivity contribution in [2.75, 3.05) is 19.6 Å². The van der Waals surface area contributed by atoms with Crippen LogP contribution in [0.5, 0.6) is 5.75 Å². The van der Waals surface area contributed by atoms with Crippen molar-refractivity contribution in [2.45, 2.75) is 51.3 Å². The molecular weight excluding hydrogens is 248 g/mol. The van der Waals surface area contributed by atoms with E-state index in [1.54, 1.807) is 0 Å². The minimum atomic E-state index is -0.172. The number of nitrogens with zero attached hydrogens (tertiary/aromatic N) is 1. The highest BCUT2D eigenvalue weighted by Gasteiger charge is 2.40. The summed E-state index contributed by atoms with van der Waals surface area (Å²) in [5.74, 6) is 1.03. The summed E-state index contributed by atoms with van der Waals surface area (Å²) < 4.78 is 6.09. The van der Waals surface area contributed by atoms with Crippen LogP contribution in [0.25, 0.3) is 0 Å². The van der Waals surface area contributed by atoms with Crippen LogP contribution in [-0.4, -0.2) is 36.2 Å². The molecule has 2 aliphatic heterocycles. The first-order valence-electron chi connectivity index (χ1n) is 7.83. The second kappa shape index (κ2) is 5.38. The summed E-state index contributed by atoms with van der Waals surface area (Å²) in [4.78, 5) is 2.59. The standard InChI is InChI=1S/C17H26N2O/c1-13(19-10-6-7-11-19)12-18-16-14-8-4-5-9-15(14)20-17(16,2)3/h4-5,8-9,13,16,18H,6-7,10-12H2,1-3H3. The maximum atomic E-state index is 6.09. The van der Waals surface area contributed by atoms with Crippen molar-refractivity contribution < 1.29 is 4.74 Å². The third-order valence-electron chi connectivity index (χ3n) is 4.68. The van der Waals surface area contributed by atoms with Gasteiger partial charge in [0.1, 0.15) is 11.4 Å². The second-order valence-corrected chi connectivity index (χ2v) is 6.68. The van der Waals surface area contributed by atoms with E-state index in [2.05, 4.69) is 49.2 Å². The summed E-state index contributed by atoms with van der Waals surface area (Å²) in [5, 5.41) is 3.74. The summed E-state index contributed by atoms with van der Waals surface area (Å²) >= 11 is 0. The molecule has 1 N–H and O–H groups in total. The summed E-state index contributed by atoms with van der Waals surface area (Å²) in [5.41, 5.74) is 1.13. The lowest BCUT2D eigenvalue weighted by Crippen LogP contribution is -2.45.